The minimum absolute atomic E-state index is 0.0415. The lowest BCUT2D eigenvalue weighted by Gasteiger charge is -2.36. The lowest BCUT2D eigenvalue weighted by atomic mass is 9.83. The van der Waals surface area contributed by atoms with E-state index in [9.17, 15) is 40.6 Å². The van der Waals surface area contributed by atoms with E-state index < -0.39 is 41.6 Å². The molecule has 0 saturated heterocycles. The number of ether oxygens (including phenoxy) is 1. The van der Waals surface area contributed by atoms with Gasteiger partial charge in [0.2, 0.25) is 0 Å². The largest absolute Gasteiger partial charge is 0.431 e. The molecular weight excluding hydrogens is 349 g/mol. The Labute approximate surface area is 132 Å². The Morgan fingerprint density at radius 3 is 1.75 bits per heavy atom. The molecule has 0 aliphatic rings. The van der Waals surface area contributed by atoms with Crippen molar-refractivity contribution in [2.45, 2.75) is 43.9 Å². The standard InChI is InChI=1S/C14H13F7O3/c1-8(22)24-10-5-3-9(4-6-10)11(2,23)7-12(15,13(16,17)18)14(19,20)21/h3-6,23H,7H2,1-2H3. The van der Waals surface area contributed by atoms with E-state index in [1.54, 1.807) is 0 Å². The quantitative estimate of drug-likeness (QED) is 0.500. The van der Waals surface area contributed by atoms with E-state index in [2.05, 4.69) is 4.74 Å². The fourth-order valence-electron chi connectivity index (χ4n) is 1.99. The molecule has 136 valence electrons. The average molecular weight is 362 g/mol. The molecule has 1 atom stereocenters. The molecule has 0 fully saturated rings. The van der Waals surface area contributed by atoms with Crippen LogP contribution in [-0.2, 0) is 10.4 Å². The van der Waals surface area contributed by atoms with Crippen LogP contribution in [0.2, 0.25) is 0 Å². The van der Waals surface area contributed by atoms with Crippen molar-refractivity contribution in [1.29, 1.82) is 0 Å². The zero-order valence-electron chi connectivity index (χ0n) is 12.4. The second-order valence-electron chi connectivity index (χ2n) is 5.37. The van der Waals surface area contributed by atoms with Crippen LogP contribution in [0.5, 0.6) is 5.75 Å². The van der Waals surface area contributed by atoms with Crippen LogP contribution >= 0.6 is 0 Å². The number of rotatable bonds is 4. The third-order valence-electron chi connectivity index (χ3n) is 3.22. The molecule has 10 heteroatoms. The maximum absolute atomic E-state index is 13.8. The zero-order chi connectivity index (χ0) is 19.0. The number of benzene rings is 1. The summed E-state index contributed by atoms with van der Waals surface area (Å²) in [7, 11) is 0. The van der Waals surface area contributed by atoms with Crippen molar-refractivity contribution in [3.05, 3.63) is 29.8 Å². The number of carbonyl (C=O) groups is 1. The summed E-state index contributed by atoms with van der Waals surface area (Å²) in [5, 5.41) is 9.97. The van der Waals surface area contributed by atoms with Crippen molar-refractivity contribution in [2.24, 2.45) is 0 Å². The number of hydrogen-bond donors (Lipinski definition) is 1. The molecule has 0 radical (unpaired) electrons. The second-order valence-corrected chi connectivity index (χ2v) is 5.37. The predicted octanol–water partition coefficient (Wildman–Crippen LogP) is 4.04. The van der Waals surface area contributed by atoms with Crippen LogP contribution in [0.25, 0.3) is 0 Å². The van der Waals surface area contributed by atoms with Crippen LogP contribution in [-0.4, -0.2) is 29.1 Å². The molecule has 1 N–H and O–H groups in total. The van der Waals surface area contributed by atoms with Crippen molar-refractivity contribution in [1.82, 2.24) is 0 Å². The smallest absolute Gasteiger partial charge is 0.427 e. The Hall–Kier alpha value is -1.84. The first-order valence-corrected chi connectivity index (χ1v) is 6.44. The number of aliphatic hydroxyl groups is 1. The van der Waals surface area contributed by atoms with Gasteiger partial charge in [-0.1, -0.05) is 12.1 Å². The van der Waals surface area contributed by atoms with E-state index in [0.717, 1.165) is 31.2 Å². The van der Waals surface area contributed by atoms with Gasteiger partial charge in [-0.3, -0.25) is 4.79 Å². The van der Waals surface area contributed by atoms with Gasteiger partial charge in [-0.25, -0.2) is 4.39 Å². The van der Waals surface area contributed by atoms with E-state index in [1.165, 1.54) is 0 Å². The molecule has 24 heavy (non-hydrogen) atoms. The topological polar surface area (TPSA) is 46.5 Å². The third kappa shape index (κ3) is 4.16. The second kappa shape index (κ2) is 6.23. The maximum atomic E-state index is 13.8. The highest BCUT2D eigenvalue weighted by molar-refractivity contribution is 5.69. The first-order valence-electron chi connectivity index (χ1n) is 6.44. The predicted molar refractivity (Wildman–Crippen MR) is 67.9 cm³/mol. The summed E-state index contributed by atoms with van der Waals surface area (Å²) >= 11 is 0. The van der Waals surface area contributed by atoms with Crippen molar-refractivity contribution >= 4 is 5.97 Å². The van der Waals surface area contributed by atoms with Gasteiger partial charge in [0, 0.05) is 13.3 Å². The van der Waals surface area contributed by atoms with Crippen LogP contribution in [0, 0.1) is 0 Å². The molecule has 0 aromatic heterocycles. The summed E-state index contributed by atoms with van der Waals surface area (Å²) in [6.45, 7) is 1.70. The number of hydrogen-bond acceptors (Lipinski definition) is 3. The van der Waals surface area contributed by atoms with Gasteiger partial charge in [-0.15, -0.1) is 0 Å². The summed E-state index contributed by atoms with van der Waals surface area (Å²) in [6, 6.07) is 3.97. The van der Waals surface area contributed by atoms with Crippen LogP contribution < -0.4 is 4.74 Å². The van der Waals surface area contributed by atoms with Gasteiger partial charge >= 0.3 is 24.0 Å². The number of carbonyl (C=O) groups excluding carboxylic acids is 1. The van der Waals surface area contributed by atoms with Gasteiger partial charge in [0.1, 0.15) is 5.75 Å². The Kier molecular flexibility index (Phi) is 5.24. The Morgan fingerprint density at radius 2 is 1.42 bits per heavy atom. The molecule has 0 bridgehead atoms. The monoisotopic (exact) mass is 362 g/mol. The van der Waals surface area contributed by atoms with Crippen LogP contribution in [0.3, 0.4) is 0 Å². The molecule has 0 spiro atoms. The number of alkyl halides is 7. The molecule has 0 heterocycles. The normalized spacial score (nSPS) is 15.8. The van der Waals surface area contributed by atoms with E-state index in [4.69, 9.17) is 0 Å². The average Bonchev–Trinajstić information content (AvgIpc) is 2.35. The molecule has 1 aromatic rings. The fraction of sp³-hybridized carbons (Fsp3) is 0.500. The summed E-state index contributed by atoms with van der Waals surface area (Å²) < 4.78 is 93.9. The molecular formula is C14H13F7O3. The summed E-state index contributed by atoms with van der Waals surface area (Å²) in [6.07, 6.45) is -14.8. The minimum Gasteiger partial charge on any atom is -0.427 e. The van der Waals surface area contributed by atoms with Gasteiger partial charge in [0.15, 0.2) is 0 Å². The van der Waals surface area contributed by atoms with Crippen LogP contribution in [0.1, 0.15) is 25.8 Å². The minimum atomic E-state index is -6.26. The lowest BCUT2D eigenvalue weighted by Crippen LogP contribution is -2.56. The lowest BCUT2D eigenvalue weighted by molar-refractivity contribution is -0.352. The highest BCUT2D eigenvalue weighted by Gasteiger charge is 2.73. The molecule has 0 saturated carbocycles. The van der Waals surface area contributed by atoms with Gasteiger partial charge in [0.25, 0.3) is 0 Å². The summed E-state index contributed by atoms with van der Waals surface area (Å²) in [5.74, 6) is -0.744. The highest BCUT2D eigenvalue weighted by Crippen LogP contribution is 2.51. The van der Waals surface area contributed by atoms with Gasteiger partial charge < -0.3 is 9.84 Å². The van der Waals surface area contributed by atoms with E-state index in [0.29, 0.717) is 6.92 Å². The molecule has 1 rings (SSSR count). The summed E-state index contributed by atoms with van der Waals surface area (Å²) in [4.78, 5) is 10.7. The van der Waals surface area contributed by atoms with Crippen molar-refractivity contribution < 1.29 is 45.4 Å². The van der Waals surface area contributed by atoms with Crippen LogP contribution in [0.15, 0.2) is 24.3 Å². The van der Waals surface area contributed by atoms with Crippen molar-refractivity contribution in [3.8, 4) is 5.75 Å². The maximum Gasteiger partial charge on any atom is 0.431 e. The molecule has 0 aliphatic carbocycles. The Morgan fingerprint density at radius 1 is 1.00 bits per heavy atom. The van der Waals surface area contributed by atoms with Gasteiger partial charge in [-0.05, 0) is 24.6 Å². The molecule has 0 aliphatic heterocycles. The van der Waals surface area contributed by atoms with E-state index in [-0.39, 0.29) is 5.75 Å². The SMILES string of the molecule is CC(=O)Oc1ccc(C(C)(O)CC(F)(C(F)(F)F)C(F)(F)F)cc1. The van der Waals surface area contributed by atoms with Crippen LogP contribution in [0.4, 0.5) is 30.7 Å². The van der Waals surface area contributed by atoms with Crippen molar-refractivity contribution in [2.75, 3.05) is 0 Å². The van der Waals surface area contributed by atoms with E-state index >= 15 is 0 Å². The Bertz CT molecular complexity index is 574. The highest BCUT2D eigenvalue weighted by atomic mass is 19.4. The Balaban J connectivity index is 3.17. The third-order valence-corrected chi connectivity index (χ3v) is 3.22. The van der Waals surface area contributed by atoms with E-state index in [1.807, 2.05) is 0 Å². The molecule has 1 aromatic carbocycles. The first kappa shape index (κ1) is 20.2. The molecule has 1 unspecified atom stereocenters. The fourth-order valence-corrected chi connectivity index (χ4v) is 1.99. The first-order chi connectivity index (χ1) is 10.6. The number of esters is 1. The van der Waals surface area contributed by atoms with Gasteiger partial charge in [-0.2, -0.15) is 26.3 Å². The zero-order valence-corrected chi connectivity index (χ0v) is 12.4. The number of halogens is 7. The van der Waals surface area contributed by atoms with Crippen molar-refractivity contribution in [3.63, 3.8) is 0 Å². The summed E-state index contributed by atoms with van der Waals surface area (Å²) in [5.41, 5.74) is -8.78. The molecule has 3 nitrogen and oxygen atoms in total. The molecule has 0 amide bonds. The van der Waals surface area contributed by atoms with Gasteiger partial charge in [0.05, 0.1) is 5.60 Å².